The highest BCUT2D eigenvalue weighted by Gasteiger charge is 2.70. The van der Waals surface area contributed by atoms with Crippen molar-refractivity contribution >= 4 is 17.3 Å². The van der Waals surface area contributed by atoms with Crippen LogP contribution in [0.25, 0.3) is 0 Å². The molecule has 0 aromatic heterocycles. The first kappa shape index (κ1) is 14.2. The smallest absolute Gasteiger partial charge is 0.229 e. The third kappa shape index (κ3) is 1.37. The van der Waals surface area contributed by atoms with E-state index in [4.69, 9.17) is 10.5 Å². The molecule has 1 spiro atoms. The first-order chi connectivity index (χ1) is 12.7. The number of piperidine rings is 2. The van der Waals surface area contributed by atoms with Gasteiger partial charge in [0.2, 0.25) is 5.91 Å². The number of benzene rings is 1. The molecule has 6 unspecified atom stereocenters. The highest BCUT2D eigenvalue weighted by Crippen LogP contribution is 2.65. The van der Waals surface area contributed by atoms with E-state index in [1.165, 1.54) is 12.0 Å². The second-order valence-corrected chi connectivity index (χ2v) is 9.04. The van der Waals surface area contributed by atoms with Crippen LogP contribution in [0.1, 0.15) is 24.8 Å². The molecular formula is C21H23N3O2. The van der Waals surface area contributed by atoms with E-state index in [-0.39, 0.29) is 23.5 Å². The summed E-state index contributed by atoms with van der Waals surface area (Å²) < 4.78 is 6.25. The fourth-order valence-corrected chi connectivity index (χ4v) is 7.57. The molecule has 4 fully saturated rings. The SMILES string of the molecule is Nc1ccc2c(c1)C13CCN4CC5=CCOC6CC(=O)N2C1C6C5CC43. The maximum absolute atomic E-state index is 13.2. The van der Waals surface area contributed by atoms with Crippen molar-refractivity contribution in [2.24, 2.45) is 11.8 Å². The number of ether oxygens (including phenoxy) is 1. The van der Waals surface area contributed by atoms with Gasteiger partial charge in [0.1, 0.15) is 0 Å². The topological polar surface area (TPSA) is 58.8 Å². The summed E-state index contributed by atoms with van der Waals surface area (Å²) in [6, 6.07) is 6.99. The van der Waals surface area contributed by atoms with Crippen LogP contribution in [0, 0.1) is 11.8 Å². The van der Waals surface area contributed by atoms with E-state index in [9.17, 15) is 4.79 Å². The minimum Gasteiger partial charge on any atom is -0.399 e. The molecule has 1 aromatic carbocycles. The first-order valence-electron chi connectivity index (χ1n) is 9.95. The zero-order chi connectivity index (χ0) is 17.2. The molecule has 2 N–H and O–H groups in total. The molecule has 1 saturated carbocycles. The Hall–Kier alpha value is -1.85. The molecule has 2 bridgehead atoms. The molecule has 0 radical (unpaired) electrons. The maximum Gasteiger partial charge on any atom is 0.229 e. The lowest BCUT2D eigenvalue weighted by Crippen LogP contribution is -2.69. The van der Waals surface area contributed by atoms with Gasteiger partial charge in [0, 0.05) is 35.3 Å². The van der Waals surface area contributed by atoms with Crippen molar-refractivity contribution < 1.29 is 9.53 Å². The third-order valence-electron chi connectivity index (χ3n) is 8.33. The van der Waals surface area contributed by atoms with E-state index in [2.05, 4.69) is 28.0 Å². The van der Waals surface area contributed by atoms with E-state index < -0.39 is 0 Å². The van der Waals surface area contributed by atoms with Crippen molar-refractivity contribution in [3.63, 3.8) is 0 Å². The third-order valence-corrected chi connectivity index (χ3v) is 8.33. The van der Waals surface area contributed by atoms with Gasteiger partial charge in [-0.05, 0) is 49.1 Å². The van der Waals surface area contributed by atoms with Crippen LogP contribution in [0.4, 0.5) is 11.4 Å². The second kappa shape index (κ2) is 4.34. The highest BCUT2D eigenvalue weighted by atomic mass is 16.5. The Morgan fingerprint density at radius 3 is 3.15 bits per heavy atom. The Morgan fingerprint density at radius 1 is 1.31 bits per heavy atom. The summed E-state index contributed by atoms with van der Waals surface area (Å²) in [4.78, 5) is 18.1. The lowest BCUT2D eigenvalue weighted by atomic mass is 9.53. The lowest BCUT2D eigenvalue weighted by Gasteiger charge is -2.58. The van der Waals surface area contributed by atoms with E-state index >= 15 is 0 Å². The highest BCUT2D eigenvalue weighted by molar-refractivity contribution is 5.99. The quantitative estimate of drug-likeness (QED) is 0.572. The Balaban J connectivity index is 1.55. The number of nitrogen functional groups attached to an aromatic ring is 1. The van der Waals surface area contributed by atoms with Crippen molar-refractivity contribution in [3.05, 3.63) is 35.4 Å². The normalized spacial score (nSPS) is 44.6. The minimum atomic E-state index is 0.0411. The Labute approximate surface area is 152 Å². The molecule has 1 aliphatic carbocycles. The van der Waals surface area contributed by atoms with Crippen LogP contribution in [-0.4, -0.2) is 48.7 Å². The summed E-state index contributed by atoms with van der Waals surface area (Å²) in [5, 5.41) is 0. The zero-order valence-electron chi connectivity index (χ0n) is 14.7. The Bertz CT molecular complexity index is 895. The predicted molar refractivity (Wildman–Crippen MR) is 97.8 cm³/mol. The maximum atomic E-state index is 13.2. The summed E-state index contributed by atoms with van der Waals surface area (Å²) in [6.45, 7) is 2.88. The Morgan fingerprint density at radius 2 is 2.23 bits per heavy atom. The van der Waals surface area contributed by atoms with Gasteiger partial charge in [0.05, 0.1) is 25.2 Å². The van der Waals surface area contributed by atoms with Crippen molar-refractivity contribution in [2.45, 2.75) is 42.9 Å². The van der Waals surface area contributed by atoms with Gasteiger partial charge >= 0.3 is 0 Å². The van der Waals surface area contributed by atoms with Crippen LogP contribution >= 0.6 is 0 Å². The molecule has 26 heavy (non-hydrogen) atoms. The average Bonchev–Trinajstić information content (AvgIpc) is 3.09. The number of hydrogen-bond acceptors (Lipinski definition) is 4. The molecule has 5 heterocycles. The van der Waals surface area contributed by atoms with E-state index in [0.717, 1.165) is 30.9 Å². The van der Waals surface area contributed by atoms with Gasteiger partial charge < -0.3 is 15.4 Å². The molecule has 6 aliphatic rings. The molecule has 1 aromatic rings. The van der Waals surface area contributed by atoms with Gasteiger partial charge in [-0.3, -0.25) is 9.69 Å². The van der Waals surface area contributed by atoms with Crippen LogP contribution in [0.15, 0.2) is 29.8 Å². The second-order valence-electron chi connectivity index (χ2n) is 9.04. The molecule has 6 atom stereocenters. The predicted octanol–water partition coefficient (Wildman–Crippen LogP) is 1.67. The number of carbonyl (C=O) groups excluding carboxylic acids is 1. The van der Waals surface area contributed by atoms with Crippen molar-refractivity contribution in [1.29, 1.82) is 0 Å². The largest absolute Gasteiger partial charge is 0.399 e. The summed E-state index contributed by atoms with van der Waals surface area (Å²) in [5.41, 5.74) is 11.1. The molecule has 5 nitrogen and oxygen atoms in total. The van der Waals surface area contributed by atoms with Crippen LogP contribution in [0.5, 0.6) is 0 Å². The number of anilines is 2. The molecule has 3 saturated heterocycles. The fourth-order valence-electron chi connectivity index (χ4n) is 7.57. The minimum absolute atomic E-state index is 0.0411. The van der Waals surface area contributed by atoms with Gasteiger partial charge in [-0.2, -0.15) is 0 Å². The summed E-state index contributed by atoms with van der Waals surface area (Å²) >= 11 is 0. The van der Waals surface area contributed by atoms with E-state index in [0.29, 0.717) is 30.9 Å². The number of rotatable bonds is 0. The molecule has 7 rings (SSSR count). The monoisotopic (exact) mass is 349 g/mol. The molecule has 1 amide bonds. The van der Waals surface area contributed by atoms with Gasteiger partial charge in [-0.1, -0.05) is 11.6 Å². The molecule has 5 aliphatic heterocycles. The number of fused-ring (bicyclic) bond motifs is 2. The van der Waals surface area contributed by atoms with Crippen LogP contribution < -0.4 is 10.6 Å². The number of amides is 1. The van der Waals surface area contributed by atoms with Crippen molar-refractivity contribution in [2.75, 3.05) is 30.3 Å². The first-order valence-corrected chi connectivity index (χ1v) is 9.95. The average molecular weight is 349 g/mol. The van der Waals surface area contributed by atoms with E-state index in [1.54, 1.807) is 5.57 Å². The number of hydrogen-bond donors (Lipinski definition) is 1. The lowest BCUT2D eigenvalue weighted by molar-refractivity contribution is -0.132. The standard InChI is InChI=1S/C21H23N3O2/c22-12-1-2-15-14(7-12)21-4-5-23-10-11-3-6-26-16-9-18(25)24(15)20(21)19(16)13(11)8-17(21)23/h1-3,7,13,16-17,19-20H,4-6,8-10,22H2. The molecule has 5 heteroatoms. The van der Waals surface area contributed by atoms with Crippen LogP contribution in [-0.2, 0) is 14.9 Å². The number of carbonyl (C=O) groups is 1. The van der Waals surface area contributed by atoms with Gasteiger partial charge in [0.15, 0.2) is 0 Å². The van der Waals surface area contributed by atoms with Crippen molar-refractivity contribution in [3.8, 4) is 0 Å². The van der Waals surface area contributed by atoms with Gasteiger partial charge in [-0.15, -0.1) is 0 Å². The van der Waals surface area contributed by atoms with Crippen molar-refractivity contribution in [1.82, 2.24) is 4.90 Å². The molecule has 134 valence electrons. The fraction of sp³-hybridized carbons (Fsp3) is 0.571. The van der Waals surface area contributed by atoms with Crippen LogP contribution in [0.2, 0.25) is 0 Å². The van der Waals surface area contributed by atoms with E-state index in [1.807, 2.05) is 6.07 Å². The summed E-state index contributed by atoms with van der Waals surface area (Å²) in [7, 11) is 0. The van der Waals surface area contributed by atoms with Gasteiger partial charge in [-0.25, -0.2) is 0 Å². The zero-order valence-corrected chi connectivity index (χ0v) is 14.7. The molecular weight excluding hydrogens is 326 g/mol. The number of nitrogens with two attached hydrogens (primary N) is 1. The van der Waals surface area contributed by atoms with Gasteiger partial charge in [0.25, 0.3) is 0 Å². The Kier molecular flexibility index (Phi) is 2.38. The number of nitrogens with zero attached hydrogens (tertiary/aromatic N) is 2. The summed E-state index contributed by atoms with van der Waals surface area (Å²) in [5.74, 6) is 1.23. The summed E-state index contributed by atoms with van der Waals surface area (Å²) in [6.07, 6.45) is 5.25. The van der Waals surface area contributed by atoms with Crippen LogP contribution in [0.3, 0.4) is 0 Å².